The van der Waals surface area contributed by atoms with E-state index in [1.807, 2.05) is 31.2 Å². The van der Waals surface area contributed by atoms with Crippen LogP contribution in [0.1, 0.15) is 42.4 Å². The van der Waals surface area contributed by atoms with Crippen molar-refractivity contribution >= 4 is 17.4 Å². The zero-order valence-corrected chi connectivity index (χ0v) is 13.8. The third-order valence-corrected chi connectivity index (χ3v) is 3.79. The van der Waals surface area contributed by atoms with Gasteiger partial charge in [-0.3, -0.25) is 4.79 Å². The molecule has 1 aromatic carbocycles. The minimum Gasteiger partial charge on any atom is -0.306 e. The summed E-state index contributed by atoms with van der Waals surface area (Å²) in [4.78, 5) is 16.8. The van der Waals surface area contributed by atoms with E-state index in [1.54, 1.807) is 22.8 Å². The number of carbonyl (C=O) groups excluding carboxylic acids is 1. The zero-order valence-electron chi connectivity index (χ0n) is 13.8. The standard InChI is InChI=1S/C18H20N4O/c1-12-11-15(20-16-9-10-19-22(12)16)21-17(23)13-5-7-14(8-6-13)18(2,3)4/h5-11H,1-4H3,(H,20,21,23). The number of nitrogens with zero attached hydrogens (tertiary/aromatic N) is 3. The number of aryl methyl sites for hydroxylation is 1. The van der Waals surface area contributed by atoms with Gasteiger partial charge in [0.05, 0.1) is 6.20 Å². The molecule has 0 aliphatic carbocycles. The molecule has 0 spiro atoms. The van der Waals surface area contributed by atoms with Crippen LogP contribution in [0.25, 0.3) is 5.65 Å². The molecule has 0 aliphatic heterocycles. The van der Waals surface area contributed by atoms with Gasteiger partial charge in [-0.2, -0.15) is 5.10 Å². The second kappa shape index (κ2) is 5.50. The summed E-state index contributed by atoms with van der Waals surface area (Å²) >= 11 is 0. The molecule has 23 heavy (non-hydrogen) atoms. The number of amides is 1. The van der Waals surface area contributed by atoms with Crippen LogP contribution in [0.2, 0.25) is 0 Å². The predicted molar refractivity (Wildman–Crippen MR) is 90.8 cm³/mol. The van der Waals surface area contributed by atoms with Crippen molar-refractivity contribution in [3.05, 3.63) is 59.4 Å². The molecule has 0 saturated heterocycles. The van der Waals surface area contributed by atoms with E-state index in [0.29, 0.717) is 17.0 Å². The van der Waals surface area contributed by atoms with Crippen molar-refractivity contribution in [3.8, 4) is 0 Å². The lowest BCUT2D eigenvalue weighted by Gasteiger charge is -2.19. The Morgan fingerprint density at radius 2 is 1.83 bits per heavy atom. The molecular formula is C18H20N4O. The topological polar surface area (TPSA) is 59.3 Å². The molecule has 0 saturated carbocycles. The van der Waals surface area contributed by atoms with Crippen LogP contribution >= 0.6 is 0 Å². The summed E-state index contributed by atoms with van der Waals surface area (Å²) in [5.74, 6) is 0.363. The highest BCUT2D eigenvalue weighted by Crippen LogP contribution is 2.22. The van der Waals surface area contributed by atoms with Gasteiger partial charge in [-0.15, -0.1) is 0 Å². The second-order valence-electron chi connectivity index (χ2n) is 6.67. The zero-order chi connectivity index (χ0) is 16.6. The van der Waals surface area contributed by atoms with Gasteiger partial charge in [0.2, 0.25) is 0 Å². The van der Waals surface area contributed by atoms with Crippen LogP contribution in [0.5, 0.6) is 0 Å². The molecule has 3 aromatic rings. The molecule has 5 heteroatoms. The van der Waals surface area contributed by atoms with Crippen LogP contribution in [0.3, 0.4) is 0 Å². The molecule has 0 unspecified atom stereocenters. The Balaban J connectivity index is 1.82. The van der Waals surface area contributed by atoms with Crippen molar-refractivity contribution in [1.29, 1.82) is 0 Å². The Labute approximate surface area is 135 Å². The van der Waals surface area contributed by atoms with Gasteiger partial charge in [-0.1, -0.05) is 32.9 Å². The van der Waals surface area contributed by atoms with E-state index < -0.39 is 0 Å². The SMILES string of the molecule is Cc1cc(NC(=O)c2ccc(C(C)(C)C)cc2)nc2ccnn12. The van der Waals surface area contributed by atoms with E-state index in [9.17, 15) is 4.79 Å². The number of carbonyl (C=O) groups is 1. The Hall–Kier alpha value is -2.69. The monoisotopic (exact) mass is 308 g/mol. The summed E-state index contributed by atoms with van der Waals surface area (Å²) in [5, 5.41) is 7.02. The lowest BCUT2D eigenvalue weighted by atomic mass is 9.87. The maximum Gasteiger partial charge on any atom is 0.256 e. The van der Waals surface area contributed by atoms with E-state index in [1.165, 1.54) is 5.56 Å². The van der Waals surface area contributed by atoms with Crippen molar-refractivity contribution < 1.29 is 4.79 Å². The summed E-state index contributed by atoms with van der Waals surface area (Å²) in [7, 11) is 0. The number of hydrogen-bond acceptors (Lipinski definition) is 3. The van der Waals surface area contributed by atoms with Gasteiger partial charge in [-0.05, 0) is 30.0 Å². The number of anilines is 1. The van der Waals surface area contributed by atoms with E-state index in [4.69, 9.17) is 0 Å². The molecule has 2 heterocycles. The number of benzene rings is 1. The van der Waals surface area contributed by atoms with Crippen molar-refractivity contribution in [2.24, 2.45) is 0 Å². The summed E-state index contributed by atoms with van der Waals surface area (Å²) < 4.78 is 1.73. The summed E-state index contributed by atoms with van der Waals surface area (Å²) in [6.07, 6.45) is 1.69. The first-order valence-electron chi connectivity index (χ1n) is 7.58. The van der Waals surface area contributed by atoms with Crippen molar-refractivity contribution in [2.75, 3.05) is 5.32 Å². The molecule has 1 N–H and O–H groups in total. The average molecular weight is 308 g/mol. The Morgan fingerprint density at radius 3 is 2.48 bits per heavy atom. The van der Waals surface area contributed by atoms with Gasteiger partial charge in [-0.25, -0.2) is 9.50 Å². The van der Waals surface area contributed by atoms with Gasteiger partial charge in [0.25, 0.3) is 5.91 Å². The number of rotatable bonds is 2. The summed E-state index contributed by atoms with van der Waals surface area (Å²) in [6, 6.07) is 11.3. The molecule has 0 radical (unpaired) electrons. The maximum absolute atomic E-state index is 12.4. The fourth-order valence-corrected chi connectivity index (χ4v) is 2.44. The number of hydrogen-bond donors (Lipinski definition) is 1. The summed E-state index contributed by atoms with van der Waals surface area (Å²) in [6.45, 7) is 8.37. The lowest BCUT2D eigenvalue weighted by molar-refractivity contribution is 0.102. The minimum absolute atomic E-state index is 0.0702. The van der Waals surface area contributed by atoms with Crippen LogP contribution < -0.4 is 5.32 Å². The van der Waals surface area contributed by atoms with E-state index in [-0.39, 0.29) is 11.3 Å². The molecule has 1 amide bonds. The molecule has 0 atom stereocenters. The molecular weight excluding hydrogens is 288 g/mol. The second-order valence-corrected chi connectivity index (χ2v) is 6.67. The molecule has 2 aromatic heterocycles. The van der Waals surface area contributed by atoms with E-state index >= 15 is 0 Å². The van der Waals surface area contributed by atoms with Gasteiger partial charge in [0.1, 0.15) is 5.82 Å². The molecule has 0 aliphatic rings. The Kier molecular flexibility index (Phi) is 3.64. The molecule has 3 rings (SSSR count). The average Bonchev–Trinajstić information content (AvgIpc) is 2.95. The van der Waals surface area contributed by atoms with Gasteiger partial charge in [0, 0.05) is 23.4 Å². The minimum atomic E-state index is -0.166. The van der Waals surface area contributed by atoms with Crippen molar-refractivity contribution in [2.45, 2.75) is 33.1 Å². The summed E-state index contributed by atoms with van der Waals surface area (Å²) in [5.41, 5.74) is 3.51. The first-order valence-corrected chi connectivity index (χ1v) is 7.58. The van der Waals surface area contributed by atoms with Crippen LogP contribution in [-0.4, -0.2) is 20.5 Å². The predicted octanol–water partition coefficient (Wildman–Crippen LogP) is 3.59. The number of fused-ring (bicyclic) bond motifs is 1. The number of nitrogens with one attached hydrogen (secondary N) is 1. The third-order valence-electron chi connectivity index (χ3n) is 3.79. The third kappa shape index (κ3) is 3.08. The van der Waals surface area contributed by atoms with Crippen molar-refractivity contribution in [1.82, 2.24) is 14.6 Å². The van der Waals surface area contributed by atoms with Crippen LogP contribution in [0, 0.1) is 6.92 Å². The number of aromatic nitrogens is 3. The Bertz CT molecular complexity index is 857. The Morgan fingerprint density at radius 1 is 1.13 bits per heavy atom. The largest absolute Gasteiger partial charge is 0.306 e. The van der Waals surface area contributed by atoms with Crippen LogP contribution in [-0.2, 0) is 5.41 Å². The first kappa shape index (κ1) is 15.2. The quantitative estimate of drug-likeness (QED) is 0.787. The fraction of sp³-hybridized carbons (Fsp3) is 0.278. The van der Waals surface area contributed by atoms with Gasteiger partial charge in [0.15, 0.2) is 5.65 Å². The molecule has 0 bridgehead atoms. The molecule has 0 fully saturated rings. The van der Waals surface area contributed by atoms with E-state index in [2.05, 4.69) is 36.2 Å². The highest BCUT2D eigenvalue weighted by Gasteiger charge is 2.15. The van der Waals surface area contributed by atoms with E-state index in [0.717, 1.165) is 5.69 Å². The van der Waals surface area contributed by atoms with Gasteiger partial charge < -0.3 is 5.32 Å². The van der Waals surface area contributed by atoms with Gasteiger partial charge >= 0.3 is 0 Å². The fourth-order valence-electron chi connectivity index (χ4n) is 2.44. The van der Waals surface area contributed by atoms with Crippen LogP contribution in [0.4, 0.5) is 5.82 Å². The molecule has 5 nitrogen and oxygen atoms in total. The normalized spacial score (nSPS) is 11.7. The smallest absolute Gasteiger partial charge is 0.256 e. The maximum atomic E-state index is 12.4. The lowest BCUT2D eigenvalue weighted by Crippen LogP contribution is -2.15. The highest BCUT2D eigenvalue weighted by atomic mass is 16.1. The first-order chi connectivity index (χ1) is 10.8. The van der Waals surface area contributed by atoms with Crippen molar-refractivity contribution in [3.63, 3.8) is 0 Å². The van der Waals surface area contributed by atoms with Crippen LogP contribution in [0.15, 0.2) is 42.6 Å². The highest BCUT2D eigenvalue weighted by molar-refractivity contribution is 6.03. The molecule has 118 valence electrons.